The summed E-state index contributed by atoms with van der Waals surface area (Å²) in [5, 5.41) is 0. The van der Waals surface area contributed by atoms with Crippen molar-refractivity contribution < 1.29 is 0 Å². The third kappa shape index (κ3) is 2.90. The minimum absolute atomic E-state index is 0.162. The van der Waals surface area contributed by atoms with Crippen molar-refractivity contribution in [2.24, 2.45) is 5.41 Å². The van der Waals surface area contributed by atoms with Gasteiger partial charge in [0, 0.05) is 17.3 Å². The van der Waals surface area contributed by atoms with Gasteiger partial charge < -0.3 is 4.98 Å². The van der Waals surface area contributed by atoms with Crippen LogP contribution >= 0.6 is 0 Å². The molecule has 0 saturated heterocycles. The second kappa shape index (κ2) is 5.49. The molecule has 0 spiro atoms. The largest absolute Gasteiger partial charge is 0.346 e. The molecule has 1 atom stereocenters. The van der Waals surface area contributed by atoms with Crippen LogP contribution in [0.4, 0.5) is 0 Å². The maximum atomic E-state index is 4.32. The van der Waals surface area contributed by atoms with Crippen LogP contribution < -0.4 is 0 Å². The Morgan fingerprint density at radius 3 is 2.65 bits per heavy atom. The monoisotopic (exact) mass is 264 g/mol. The average Bonchev–Trinajstić information content (AvgIpc) is 2.86. The highest BCUT2D eigenvalue weighted by molar-refractivity contribution is 5.25. The molecule has 0 aliphatic heterocycles. The molecule has 0 fully saturated rings. The first-order chi connectivity index (χ1) is 9.76. The predicted molar refractivity (Wildman–Crippen MR) is 82.5 cm³/mol. The van der Waals surface area contributed by atoms with Gasteiger partial charge in [0.15, 0.2) is 0 Å². The van der Waals surface area contributed by atoms with Crippen LogP contribution in [-0.4, -0.2) is 9.97 Å². The van der Waals surface area contributed by atoms with Crippen LogP contribution in [0, 0.1) is 12.3 Å². The van der Waals surface area contributed by atoms with Crippen LogP contribution in [0.25, 0.3) is 0 Å². The molecular formula is C18H20N2. The molecule has 0 bridgehead atoms. The van der Waals surface area contributed by atoms with E-state index in [4.69, 9.17) is 0 Å². The summed E-state index contributed by atoms with van der Waals surface area (Å²) >= 11 is 0. The summed E-state index contributed by atoms with van der Waals surface area (Å²) in [7, 11) is 0. The fourth-order valence-electron chi connectivity index (χ4n) is 2.98. The van der Waals surface area contributed by atoms with E-state index in [1.165, 1.54) is 11.3 Å². The molecule has 1 heterocycles. The molecule has 1 aromatic carbocycles. The van der Waals surface area contributed by atoms with E-state index in [1.807, 2.05) is 13.1 Å². The number of rotatable bonds is 4. The Morgan fingerprint density at radius 1 is 1.15 bits per heavy atom. The summed E-state index contributed by atoms with van der Waals surface area (Å²) in [5.74, 6) is 0.991. The molecule has 0 radical (unpaired) electrons. The summed E-state index contributed by atoms with van der Waals surface area (Å²) in [5.41, 5.74) is 2.77. The number of imidazole rings is 1. The number of nitrogens with zero attached hydrogens (tertiary/aromatic N) is 1. The average molecular weight is 264 g/mol. The van der Waals surface area contributed by atoms with Gasteiger partial charge in [0.2, 0.25) is 0 Å². The minimum atomic E-state index is 0.162. The van der Waals surface area contributed by atoms with Gasteiger partial charge in [-0.1, -0.05) is 54.6 Å². The van der Waals surface area contributed by atoms with Gasteiger partial charge in [-0.25, -0.2) is 4.98 Å². The lowest BCUT2D eigenvalue weighted by Crippen LogP contribution is -2.25. The zero-order chi connectivity index (χ0) is 13.8. The summed E-state index contributed by atoms with van der Waals surface area (Å²) in [4.78, 5) is 7.69. The van der Waals surface area contributed by atoms with Gasteiger partial charge in [-0.15, -0.1) is 0 Å². The van der Waals surface area contributed by atoms with Gasteiger partial charge in [-0.3, -0.25) is 0 Å². The van der Waals surface area contributed by atoms with Crippen LogP contribution in [0.2, 0.25) is 0 Å². The van der Waals surface area contributed by atoms with Crippen molar-refractivity contribution in [3.63, 3.8) is 0 Å². The Morgan fingerprint density at radius 2 is 2.00 bits per heavy atom. The van der Waals surface area contributed by atoms with Crippen LogP contribution in [0.5, 0.6) is 0 Å². The quantitative estimate of drug-likeness (QED) is 0.888. The number of hydrogen-bond donors (Lipinski definition) is 1. The van der Waals surface area contributed by atoms with Crippen molar-refractivity contribution in [3.05, 3.63) is 77.9 Å². The molecule has 1 aliphatic rings. The van der Waals surface area contributed by atoms with E-state index in [2.05, 4.69) is 64.6 Å². The van der Waals surface area contributed by atoms with Crippen molar-refractivity contribution in [1.82, 2.24) is 9.97 Å². The molecule has 102 valence electrons. The maximum absolute atomic E-state index is 4.32. The standard InChI is InChI=1S/C18H20N2/c1-15-19-14-17(20-15)13-18(10-6-3-7-11-18)12-16-8-4-2-5-9-16/h2-10,14H,11-13H2,1H3,(H,19,20). The van der Waals surface area contributed by atoms with Gasteiger partial charge in [0.1, 0.15) is 5.82 Å². The Hall–Kier alpha value is -2.09. The summed E-state index contributed by atoms with van der Waals surface area (Å²) in [6.45, 7) is 2.00. The minimum Gasteiger partial charge on any atom is -0.346 e. The normalized spacial score (nSPS) is 21.2. The summed E-state index contributed by atoms with van der Waals surface area (Å²) in [6, 6.07) is 10.7. The third-order valence-corrected chi connectivity index (χ3v) is 3.92. The number of aryl methyl sites for hydroxylation is 1. The van der Waals surface area contributed by atoms with Crippen LogP contribution in [0.15, 0.2) is 60.8 Å². The summed E-state index contributed by atoms with van der Waals surface area (Å²) < 4.78 is 0. The molecule has 2 aromatic rings. The number of aromatic nitrogens is 2. The van der Waals surface area contributed by atoms with Crippen LogP contribution in [0.3, 0.4) is 0 Å². The fraction of sp³-hybridized carbons (Fsp3) is 0.278. The lowest BCUT2D eigenvalue weighted by Gasteiger charge is -2.31. The van der Waals surface area contributed by atoms with Gasteiger partial charge in [0.05, 0.1) is 0 Å². The Kier molecular flexibility index (Phi) is 3.55. The van der Waals surface area contributed by atoms with E-state index in [0.717, 1.165) is 25.1 Å². The topological polar surface area (TPSA) is 28.7 Å². The first-order valence-corrected chi connectivity index (χ1v) is 7.15. The van der Waals surface area contributed by atoms with Crippen molar-refractivity contribution >= 4 is 0 Å². The molecule has 2 heteroatoms. The number of aromatic amines is 1. The van der Waals surface area contributed by atoms with E-state index in [9.17, 15) is 0 Å². The number of hydrogen-bond acceptors (Lipinski definition) is 1. The van der Waals surface area contributed by atoms with Crippen molar-refractivity contribution in [3.8, 4) is 0 Å². The Labute approximate surface area is 120 Å². The number of benzene rings is 1. The maximum Gasteiger partial charge on any atom is 0.103 e. The smallest absolute Gasteiger partial charge is 0.103 e. The van der Waals surface area contributed by atoms with Crippen LogP contribution in [0.1, 0.15) is 23.5 Å². The molecule has 2 nitrogen and oxygen atoms in total. The highest BCUT2D eigenvalue weighted by Crippen LogP contribution is 2.35. The molecule has 1 N–H and O–H groups in total. The number of allylic oxidation sites excluding steroid dienone is 4. The molecule has 0 amide bonds. The van der Waals surface area contributed by atoms with E-state index < -0.39 is 0 Å². The van der Waals surface area contributed by atoms with Crippen molar-refractivity contribution in [2.45, 2.75) is 26.2 Å². The van der Waals surface area contributed by atoms with E-state index in [0.29, 0.717) is 0 Å². The number of H-pyrrole nitrogens is 1. The lowest BCUT2D eigenvalue weighted by atomic mass is 9.73. The predicted octanol–water partition coefficient (Wildman–Crippen LogP) is 4.01. The van der Waals surface area contributed by atoms with E-state index in [-0.39, 0.29) is 5.41 Å². The molecule has 1 unspecified atom stereocenters. The lowest BCUT2D eigenvalue weighted by molar-refractivity contribution is 0.373. The van der Waals surface area contributed by atoms with E-state index in [1.54, 1.807) is 0 Å². The van der Waals surface area contributed by atoms with Crippen molar-refractivity contribution in [1.29, 1.82) is 0 Å². The zero-order valence-corrected chi connectivity index (χ0v) is 11.8. The van der Waals surface area contributed by atoms with Gasteiger partial charge in [0.25, 0.3) is 0 Å². The van der Waals surface area contributed by atoms with Gasteiger partial charge in [-0.2, -0.15) is 0 Å². The molecule has 3 rings (SSSR count). The third-order valence-electron chi connectivity index (χ3n) is 3.92. The Bertz CT molecular complexity index is 622. The second-order valence-electron chi connectivity index (χ2n) is 5.69. The van der Waals surface area contributed by atoms with Crippen molar-refractivity contribution in [2.75, 3.05) is 0 Å². The SMILES string of the molecule is Cc1ncc(CC2(Cc3ccccc3)C=CC=CC2)[nH]1. The number of nitrogens with one attached hydrogen (secondary N) is 1. The molecule has 20 heavy (non-hydrogen) atoms. The first kappa shape index (κ1) is 12.9. The zero-order valence-electron chi connectivity index (χ0n) is 11.8. The Balaban J connectivity index is 1.85. The molecular weight excluding hydrogens is 244 g/mol. The fourth-order valence-corrected chi connectivity index (χ4v) is 2.98. The van der Waals surface area contributed by atoms with Crippen LogP contribution in [-0.2, 0) is 12.8 Å². The molecule has 1 aromatic heterocycles. The molecule has 0 saturated carbocycles. The highest BCUT2D eigenvalue weighted by atomic mass is 14.9. The second-order valence-corrected chi connectivity index (χ2v) is 5.69. The summed E-state index contributed by atoms with van der Waals surface area (Å²) in [6.07, 6.45) is 14.1. The van der Waals surface area contributed by atoms with Gasteiger partial charge >= 0.3 is 0 Å². The highest BCUT2D eigenvalue weighted by Gasteiger charge is 2.28. The molecule has 1 aliphatic carbocycles. The van der Waals surface area contributed by atoms with Gasteiger partial charge in [-0.05, 0) is 31.7 Å². The van der Waals surface area contributed by atoms with E-state index >= 15 is 0 Å². The first-order valence-electron chi connectivity index (χ1n) is 7.15.